The molecule has 3 heteroatoms. The van der Waals surface area contributed by atoms with Gasteiger partial charge in [0.2, 0.25) is 0 Å². The van der Waals surface area contributed by atoms with Crippen LogP contribution in [0.15, 0.2) is 0 Å². The van der Waals surface area contributed by atoms with Crippen molar-refractivity contribution >= 4 is 17.2 Å². The normalized spacial score (nSPS) is 32.6. The molecule has 0 radical (unpaired) electrons. The van der Waals surface area contributed by atoms with Crippen LogP contribution in [0.1, 0.15) is 32.1 Å². The van der Waals surface area contributed by atoms with Crippen LogP contribution in [0.25, 0.3) is 0 Å². The number of fused-ring (bicyclic) bond motifs is 2. The fraction of sp³-hybridized carbons (Fsp3) is 0.900. The van der Waals surface area contributed by atoms with Crippen molar-refractivity contribution in [1.29, 1.82) is 0 Å². The molecule has 13 heavy (non-hydrogen) atoms. The first-order valence-electron chi connectivity index (χ1n) is 5.28. The van der Waals surface area contributed by atoms with Gasteiger partial charge in [0.25, 0.3) is 0 Å². The summed E-state index contributed by atoms with van der Waals surface area (Å²) < 4.78 is 0. The Bertz CT molecular complexity index is 205. The summed E-state index contributed by atoms with van der Waals surface area (Å²) in [6.45, 7) is 2.54. The number of hydrogen-bond acceptors (Lipinski definition) is 2. The predicted octanol–water partition coefficient (Wildman–Crippen LogP) is 1.54. The molecular formula is C10H18N2S. The molecule has 1 aliphatic carbocycles. The van der Waals surface area contributed by atoms with Crippen molar-refractivity contribution in [2.24, 2.45) is 11.7 Å². The van der Waals surface area contributed by atoms with Crippen molar-refractivity contribution < 1.29 is 0 Å². The lowest BCUT2D eigenvalue weighted by Crippen LogP contribution is -2.33. The van der Waals surface area contributed by atoms with Crippen molar-refractivity contribution in [1.82, 2.24) is 4.90 Å². The van der Waals surface area contributed by atoms with Crippen LogP contribution >= 0.6 is 12.2 Å². The van der Waals surface area contributed by atoms with E-state index in [9.17, 15) is 0 Å². The molecule has 2 nitrogen and oxygen atoms in total. The summed E-state index contributed by atoms with van der Waals surface area (Å²) in [4.78, 5) is 3.30. The van der Waals surface area contributed by atoms with Gasteiger partial charge in [-0.25, -0.2) is 0 Å². The van der Waals surface area contributed by atoms with Crippen molar-refractivity contribution in [3.8, 4) is 0 Å². The number of likely N-dealkylation sites (tertiary alicyclic amines) is 1. The maximum Gasteiger partial charge on any atom is 0.0727 e. The zero-order valence-electron chi connectivity index (χ0n) is 8.04. The molecule has 2 fully saturated rings. The largest absolute Gasteiger partial charge is 0.393 e. The highest BCUT2D eigenvalue weighted by Gasteiger charge is 2.36. The van der Waals surface area contributed by atoms with E-state index in [1.807, 2.05) is 0 Å². The monoisotopic (exact) mass is 198 g/mol. The van der Waals surface area contributed by atoms with E-state index in [0.717, 1.165) is 24.8 Å². The molecule has 0 aromatic carbocycles. The summed E-state index contributed by atoms with van der Waals surface area (Å²) in [5.74, 6) is 1.01. The van der Waals surface area contributed by atoms with Gasteiger partial charge < -0.3 is 10.6 Å². The zero-order chi connectivity index (χ0) is 9.26. The van der Waals surface area contributed by atoms with Gasteiger partial charge in [-0.3, -0.25) is 0 Å². The molecule has 0 amide bonds. The first-order valence-corrected chi connectivity index (χ1v) is 5.69. The Balaban J connectivity index is 1.68. The van der Waals surface area contributed by atoms with E-state index in [4.69, 9.17) is 18.0 Å². The number of thiocarbonyl (C=S) groups is 1. The topological polar surface area (TPSA) is 29.3 Å². The molecule has 2 atom stereocenters. The summed E-state index contributed by atoms with van der Waals surface area (Å²) in [6, 6.07) is 0.899. The van der Waals surface area contributed by atoms with Gasteiger partial charge in [-0.15, -0.1) is 0 Å². The third-order valence-electron chi connectivity index (χ3n) is 3.39. The Kier molecular flexibility index (Phi) is 2.84. The Morgan fingerprint density at radius 2 is 2.31 bits per heavy atom. The number of rotatable bonds is 4. The predicted molar refractivity (Wildman–Crippen MR) is 58.7 cm³/mol. The van der Waals surface area contributed by atoms with Crippen LogP contribution in [0.3, 0.4) is 0 Å². The highest BCUT2D eigenvalue weighted by Crippen LogP contribution is 2.37. The Morgan fingerprint density at radius 1 is 1.46 bits per heavy atom. The summed E-state index contributed by atoms with van der Waals surface area (Å²) in [6.07, 6.45) is 6.42. The fourth-order valence-corrected chi connectivity index (χ4v) is 2.90. The van der Waals surface area contributed by atoms with Crippen LogP contribution in [-0.4, -0.2) is 29.0 Å². The van der Waals surface area contributed by atoms with Crippen LogP contribution in [-0.2, 0) is 0 Å². The SMILES string of the molecule is NC(=S)CCCN1CC2CCC1C2. The van der Waals surface area contributed by atoms with E-state index in [2.05, 4.69) is 4.90 Å². The molecule has 74 valence electrons. The third kappa shape index (κ3) is 2.20. The van der Waals surface area contributed by atoms with E-state index < -0.39 is 0 Å². The van der Waals surface area contributed by atoms with Gasteiger partial charge in [0.15, 0.2) is 0 Å². The average Bonchev–Trinajstić information content (AvgIpc) is 2.64. The molecule has 2 rings (SSSR count). The first kappa shape index (κ1) is 9.41. The van der Waals surface area contributed by atoms with Gasteiger partial charge in [-0.1, -0.05) is 12.2 Å². The van der Waals surface area contributed by atoms with E-state index in [0.29, 0.717) is 4.99 Å². The van der Waals surface area contributed by atoms with Crippen molar-refractivity contribution in [2.75, 3.05) is 13.1 Å². The second-order valence-electron chi connectivity index (χ2n) is 4.40. The highest BCUT2D eigenvalue weighted by molar-refractivity contribution is 7.80. The van der Waals surface area contributed by atoms with E-state index in [-0.39, 0.29) is 0 Å². The maximum absolute atomic E-state index is 5.47. The van der Waals surface area contributed by atoms with Gasteiger partial charge in [-0.2, -0.15) is 0 Å². The molecule has 1 aliphatic heterocycles. The molecule has 0 spiro atoms. The van der Waals surface area contributed by atoms with Gasteiger partial charge in [0.1, 0.15) is 0 Å². The Labute approximate surface area is 85.5 Å². The molecule has 2 aliphatic rings. The number of nitrogens with two attached hydrogens (primary N) is 1. The van der Waals surface area contributed by atoms with E-state index >= 15 is 0 Å². The van der Waals surface area contributed by atoms with E-state index in [1.165, 1.54) is 32.4 Å². The smallest absolute Gasteiger partial charge is 0.0727 e. The highest BCUT2D eigenvalue weighted by atomic mass is 32.1. The minimum Gasteiger partial charge on any atom is -0.393 e. The summed E-state index contributed by atoms with van der Waals surface area (Å²) in [5, 5.41) is 0. The van der Waals surface area contributed by atoms with Crippen LogP contribution in [0.2, 0.25) is 0 Å². The van der Waals surface area contributed by atoms with Crippen molar-refractivity contribution in [2.45, 2.75) is 38.1 Å². The second kappa shape index (κ2) is 3.93. The van der Waals surface area contributed by atoms with Crippen LogP contribution < -0.4 is 5.73 Å². The van der Waals surface area contributed by atoms with Gasteiger partial charge in [-0.05, 0) is 44.6 Å². The van der Waals surface area contributed by atoms with Gasteiger partial charge >= 0.3 is 0 Å². The van der Waals surface area contributed by atoms with Gasteiger partial charge in [0.05, 0.1) is 4.99 Å². The molecule has 1 heterocycles. The zero-order valence-corrected chi connectivity index (χ0v) is 8.85. The van der Waals surface area contributed by atoms with Crippen LogP contribution in [0, 0.1) is 5.92 Å². The standard InChI is InChI=1S/C10H18N2S/c11-10(13)2-1-5-12-7-8-3-4-9(12)6-8/h8-9H,1-7H2,(H2,11,13). The number of piperidine rings is 1. The molecule has 0 aromatic heterocycles. The summed E-state index contributed by atoms with van der Waals surface area (Å²) in [7, 11) is 0. The maximum atomic E-state index is 5.47. The molecule has 2 unspecified atom stereocenters. The fourth-order valence-electron chi connectivity index (χ4n) is 2.76. The number of hydrogen-bond donors (Lipinski definition) is 1. The molecule has 1 saturated carbocycles. The lowest BCUT2D eigenvalue weighted by Gasteiger charge is -2.26. The quantitative estimate of drug-likeness (QED) is 0.695. The van der Waals surface area contributed by atoms with Crippen LogP contribution in [0.5, 0.6) is 0 Å². The Morgan fingerprint density at radius 3 is 2.85 bits per heavy atom. The molecule has 2 bridgehead atoms. The molecular weight excluding hydrogens is 180 g/mol. The summed E-state index contributed by atoms with van der Waals surface area (Å²) >= 11 is 4.86. The minimum atomic E-state index is 0.671. The lowest BCUT2D eigenvalue weighted by molar-refractivity contribution is 0.212. The van der Waals surface area contributed by atoms with Crippen molar-refractivity contribution in [3.05, 3.63) is 0 Å². The van der Waals surface area contributed by atoms with E-state index in [1.54, 1.807) is 0 Å². The first-order chi connectivity index (χ1) is 6.25. The number of nitrogens with zero attached hydrogens (tertiary/aromatic N) is 1. The third-order valence-corrected chi connectivity index (χ3v) is 3.60. The van der Waals surface area contributed by atoms with Gasteiger partial charge in [0, 0.05) is 12.6 Å². The average molecular weight is 198 g/mol. The lowest BCUT2D eigenvalue weighted by atomic mass is 10.1. The minimum absolute atomic E-state index is 0.671. The molecule has 0 aromatic rings. The molecule has 2 N–H and O–H groups in total. The van der Waals surface area contributed by atoms with Crippen molar-refractivity contribution in [3.63, 3.8) is 0 Å². The molecule has 1 saturated heterocycles. The van der Waals surface area contributed by atoms with Crippen LogP contribution in [0.4, 0.5) is 0 Å². The second-order valence-corrected chi connectivity index (χ2v) is 4.92. The Hall–Kier alpha value is -0.150. The summed E-state index contributed by atoms with van der Waals surface area (Å²) in [5.41, 5.74) is 5.47.